The maximum absolute atomic E-state index is 13.9. The third kappa shape index (κ3) is 9.12. The maximum Gasteiger partial charge on any atom is 0.326 e. The van der Waals surface area contributed by atoms with Gasteiger partial charge in [0.15, 0.2) is 0 Å². The van der Waals surface area contributed by atoms with Crippen LogP contribution in [-0.2, 0) is 32.0 Å². The molecule has 2 aromatic carbocycles. The fraction of sp³-hybridized carbons (Fsp3) is 0.394. The van der Waals surface area contributed by atoms with Gasteiger partial charge in [0.1, 0.15) is 18.1 Å². The van der Waals surface area contributed by atoms with Gasteiger partial charge < -0.3 is 42.5 Å². The Balaban J connectivity index is 1.53. The van der Waals surface area contributed by atoms with E-state index in [1.807, 2.05) is 61.0 Å². The average Bonchev–Trinajstić information content (AvgIpc) is 3.65. The van der Waals surface area contributed by atoms with Gasteiger partial charge in [0.25, 0.3) is 0 Å². The fourth-order valence-electron chi connectivity index (χ4n) is 5.44. The van der Waals surface area contributed by atoms with Gasteiger partial charge in [0.05, 0.1) is 6.04 Å². The van der Waals surface area contributed by atoms with Crippen molar-refractivity contribution in [2.75, 3.05) is 18.6 Å². The molecule has 0 saturated carbocycles. The molecule has 0 fully saturated rings. The van der Waals surface area contributed by atoms with Gasteiger partial charge in [-0.2, -0.15) is 11.8 Å². The van der Waals surface area contributed by atoms with Gasteiger partial charge in [-0.1, -0.05) is 36.4 Å². The molecule has 13 heteroatoms. The Morgan fingerprint density at radius 1 is 0.761 bits per heavy atom. The van der Waals surface area contributed by atoms with Gasteiger partial charge in [-0.15, -0.1) is 0 Å². The highest BCUT2D eigenvalue weighted by Crippen LogP contribution is 2.21. The third-order valence-corrected chi connectivity index (χ3v) is 8.63. The number of para-hydroxylation sites is 2. The highest BCUT2D eigenvalue weighted by atomic mass is 32.2. The third-order valence-electron chi connectivity index (χ3n) is 7.99. The number of carbonyl (C=O) groups excluding carboxylic acids is 3. The Morgan fingerprint density at radius 2 is 1.30 bits per heavy atom. The number of benzene rings is 2. The molecule has 4 rings (SSSR count). The minimum Gasteiger partial charge on any atom is -0.480 e. The molecule has 12 nitrogen and oxygen atoms in total. The van der Waals surface area contributed by atoms with Crippen LogP contribution >= 0.6 is 11.8 Å². The summed E-state index contributed by atoms with van der Waals surface area (Å²) in [6, 6.07) is 11.2. The number of thioether (sulfide) groups is 1. The van der Waals surface area contributed by atoms with Crippen molar-refractivity contribution in [3.63, 3.8) is 0 Å². The molecule has 0 spiro atoms. The number of amides is 3. The van der Waals surface area contributed by atoms with E-state index < -0.39 is 47.9 Å². The molecule has 0 aliphatic rings. The number of H-pyrrole nitrogens is 2. The molecular formula is C33H43N7O5S. The van der Waals surface area contributed by atoms with Crippen LogP contribution in [0, 0.1) is 0 Å². The Hall–Kier alpha value is -4.33. The number of hydrogen-bond donors (Lipinski definition) is 8. The van der Waals surface area contributed by atoms with E-state index in [-0.39, 0.29) is 25.7 Å². The van der Waals surface area contributed by atoms with E-state index in [4.69, 9.17) is 11.5 Å². The summed E-state index contributed by atoms with van der Waals surface area (Å²) in [4.78, 5) is 58.9. The van der Waals surface area contributed by atoms with Crippen molar-refractivity contribution in [3.05, 3.63) is 72.1 Å². The summed E-state index contributed by atoms with van der Waals surface area (Å²) in [6.07, 6.45) is 7.52. The first-order valence-corrected chi connectivity index (χ1v) is 16.8. The number of aromatic nitrogens is 2. The second-order valence-electron chi connectivity index (χ2n) is 11.3. The second kappa shape index (κ2) is 16.8. The number of nitrogens with two attached hydrogens (primary N) is 2. The Labute approximate surface area is 271 Å². The molecule has 0 aliphatic heterocycles. The molecule has 0 aliphatic carbocycles. The predicted molar refractivity (Wildman–Crippen MR) is 181 cm³/mol. The Morgan fingerprint density at radius 3 is 1.89 bits per heavy atom. The van der Waals surface area contributed by atoms with Crippen LogP contribution in [0.3, 0.4) is 0 Å². The molecule has 246 valence electrons. The second-order valence-corrected chi connectivity index (χ2v) is 12.3. The van der Waals surface area contributed by atoms with E-state index in [2.05, 4.69) is 25.9 Å². The van der Waals surface area contributed by atoms with Crippen molar-refractivity contribution >= 4 is 57.3 Å². The molecule has 4 unspecified atom stereocenters. The SMILES string of the molecule is CSCCC(NC(=O)C(Cc1c[nH]c2ccccc12)NC(=O)C(N)Cc1c[nH]c2ccccc12)C(=O)NC(CCCCN)C(=O)O. The molecule has 2 aromatic heterocycles. The molecule has 0 bridgehead atoms. The van der Waals surface area contributed by atoms with E-state index in [9.17, 15) is 24.3 Å². The molecule has 0 saturated heterocycles. The van der Waals surface area contributed by atoms with Crippen molar-refractivity contribution in [2.45, 2.75) is 62.7 Å². The molecule has 4 atom stereocenters. The van der Waals surface area contributed by atoms with E-state index in [0.717, 1.165) is 32.9 Å². The minimum absolute atomic E-state index is 0.134. The zero-order valence-corrected chi connectivity index (χ0v) is 26.7. The van der Waals surface area contributed by atoms with Crippen molar-refractivity contribution < 1.29 is 24.3 Å². The van der Waals surface area contributed by atoms with Crippen LogP contribution in [0.4, 0.5) is 0 Å². The van der Waals surface area contributed by atoms with Gasteiger partial charge in [-0.25, -0.2) is 4.79 Å². The summed E-state index contributed by atoms with van der Waals surface area (Å²) < 4.78 is 0. The number of fused-ring (bicyclic) bond motifs is 2. The van der Waals surface area contributed by atoms with E-state index in [1.54, 1.807) is 6.20 Å². The molecule has 4 aromatic rings. The number of carboxylic acid groups (broad SMARTS) is 1. The van der Waals surface area contributed by atoms with Crippen LogP contribution in [0.25, 0.3) is 21.8 Å². The first-order chi connectivity index (χ1) is 22.2. The lowest BCUT2D eigenvalue weighted by Crippen LogP contribution is -2.57. The van der Waals surface area contributed by atoms with Crippen LogP contribution < -0.4 is 27.4 Å². The van der Waals surface area contributed by atoms with Crippen molar-refractivity contribution in [2.24, 2.45) is 11.5 Å². The topological polar surface area (TPSA) is 208 Å². The van der Waals surface area contributed by atoms with Gasteiger partial charge in [0.2, 0.25) is 17.7 Å². The van der Waals surface area contributed by atoms with Crippen molar-refractivity contribution in [1.29, 1.82) is 0 Å². The van der Waals surface area contributed by atoms with Crippen LogP contribution in [0.2, 0.25) is 0 Å². The lowest BCUT2D eigenvalue weighted by molar-refractivity contribution is -0.142. The van der Waals surface area contributed by atoms with Gasteiger partial charge in [-0.05, 0) is 73.9 Å². The molecule has 2 heterocycles. The smallest absolute Gasteiger partial charge is 0.326 e. The summed E-state index contributed by atoms with van der Waals surface area (Å²) in [5.41, 5.74) is 15.4. The van der Waals surface area contributed by atoms with Crippen LogP contribution in [0.5, 0.6) is 0 Å². The number of nitrogens with one attached hydrogen (secondary N) is 5. The summed E-state index contributed by atoms with van der Waals surface area (Å²) >= 11 is 1.49. The number of aromatic amines is 2. The normalized spacial score (nSPS) is 14.0. The molecule has 3 amide bonds. The molecule has 0 radical (unpaired) electrons. The first-order valence-electron chi connectivity index (χ1n) is 15.4. The summed E-state index contributed by atoms with van der Waals surface area (Å²) in [6.45, 7) is 0.418. The minimum atomic E-state index is -1.16. The summed E-state index contributed by atoms with van der Waals surface area (Å²) in [5.74, 6) is -2.31. The van der Waals surface area contributed by atoms with Crippen LogP contribution in [-0.4, -0.2) is 81.5 Å². The van der Waals surface area contributed by atoms with E-state index in [1.165, 1.54) is 11.8 Å². The lowest BCUT2D eigenvalue weighted by atomic mass is 10.0. The average molecular weight is 650 g/mol. The maximum atomic E-state index is 13.9. The highest BCUT2D eigenvalue weighted by molar-refractivity contribution is 7.98. The number of unbranched alkanes of at least 4 members (excludes halogenated alkanes) is 1. The van der Waals surface area contributed by atoms with Crippen molar-refractivity contribution in [1.82, 2.24) is 25.9 Å². The largest absolute Gasteiger partial charge is 0.480 e. The Kier molecular flexibility index (Phi) is 12.6. The number of carboxylic acids is 1. The monoisotopic (exact) mass is 649 g/mol. The zero-order chi connectivity index (χ0) is 33.1. The fourth-order valence-corrected chi connectivity index (χ4v) is 5.91. The van der Waals surface area contributed by atoms with Crippen LogP contribution in [0.15, 0.2) is 60.9 Å². The van der Waals surface area contributed by atoms with E-state index >= 15 is 0 Å². The van der Waals surface area contributed by atoms with E-state index in [0.29, 0.717) is 25.1 Å². The van der Waals surface area contributed by atoms with Crippen LogP contribution in [0.1, 0.15) is 36.8 Å². The summed E-state index contributed by atoms with van der Waals surface area (Å²) in [7, 11) is 0. The molecule has 46 heavy (non-hydrogen) atoms. The molecular weight excluding hydrogens is 606 g/mol. The summed E-state index contributed by atoms with van der Waals surface area (Å²) in [5, 5.41) is 19.7. The predicted octanol–water partition coefficient (Wildman–Crippen LogP) is 2.18. The molecule has 10 N–H and O–H groups in total. The first kappa shape index (κ1) is 34.5. The highest BCUT2D eigenvalue weighted by Gasteiger charge is 2.31. The number of rotatable bonds is 18. The number of aliphatic carboxylic acids is 1. The van der Waals surface area contributed by atoms with Crippen molar-refractivity contribution in [3.8, 4) is 0 Å². The standard InChI is InChI=1S/C33H43N7O5S/c1-46-15-13-27(31(42)39-28(33(44)45)12-6-7-14-34)38-32(43)29(17-21-19-37-26-11-5-3-9-23(21)26)40-30(41)24(35)16-20-18-36-25-10-4-2-8-22(20)25/h2-5,8-11,18-19,24,27-29,36-37H,6-7,12-17,34-35H2,1H3,(H,38,43)(H,39,42)(H,40,41)(H,44,45). The number of carbonyl (C=O) groups is 4. The quantitative estimate of drug-likeness (QED) is 0.0748. The van der Waals surface area contributed by atoms with Gasteiger partial charge >= 0.3 is 5.97 Å². The van der Waals surface area contributed by atoms with Gasteiger partial charge in [0, 0.05) is 40.6 Å². The number of hydrogen-bond acceptors (Lipinski definition) is 7. The lowest BCUT2D eigenvalue weighted by Gasteiger charge is -2.25. The van der Waals surface area contributed by atoms with Gasteiger partial charge in [-0.3, -0.25) is 14.4 Å². The Bertz CT molecular complexity index is 1640. The zero-order valence-electron chi connectivity index (χ0n) is 25.9.